The fourth-order valence-corrected chi connectivity index (χ4v) is 2.08. The van der Waals surface area contributed by atoms with Crippen LogP contribution in [0.3, 0.4) is 0 Å². The van der Waals surface area contributed by atoms with Crippen molar-refractivity contribution in [1.82, 2.24) is 9.78 Å². The summed E-state index contributed by atoms with van der Waals surface area (Å²) in [6.45, 7) is 2.09. The first kappa shape index (κ1) is 8.89. The number of nitrogens with zero attached hydrogens (tertiary/aromatic N) is 2. The minimum Gasteiger partial charge on any atom is -0.261 e. The van der Waals surface area contributed by atoms with Crippen molar-refractivity contribution < 1.29 is 4.39 Å². The molecule has 1 saturated carbocycles. The summed E-state index contributed by atoms with van der Waals surface area (Å²) >= 11 is 0. The number of hydrogen-bond acceptors (Lipinski definition) is 1. The topological polar surface area (TPSA) is 17.8 Å². The van der Waals surface area contributed by atoms with Gasteiger partial charge in [-0.2, -0.15) is 5.10 Å². The smallest absolute Gasteiger partial charge is 0.134 e. The first-order valence-electron chi connectivity index (χ1n) is 5.46. The van der Waals surface area contributed by atoms with Crippen molar-refractivity contribution in [2.75, 3.05) is 0 Å². The van der Waals surface area contributed by atoms with Gasteiger partial charge in [-0.25, -0.2) is 4.39 Å². The van der Waals surface area contributed by atoms with Crippen molar-refractivity contribution in [2.45, 2.75) is 32.2 Å². The Morgan fingerprint density at radius 1 is 1.47 bits per heavy atom. The first-order chi connectivity index (χ1) is 7.31. The summed E-state index contributed by atoms with van der Waals surface area (Å²) in [6.07, 6.45) is 4.93. The second-order valence-corrected chi connectivity index (χ2v) is 4.14. The predicted molar refractivity (Wildman–Crippen MR) is 57.3 cm³/mol. The maximum atomic E-state index is 13.5. The molecule has 0 spiro atoms. The van der Waals surface area contributed by atoms with Gasteiger partial charge in [0.05, 0.1) is 23.1 Å². The molecule has 0 atom stereocenters. The van der Waals surface area contributed by atoms with Gasteiger partial charge in [0, 0.05) is 0 Å². The Balaban J connectivity index is 2.33. The van der Waals surface area contributed by atoms with E-state index in [9.17, 15) is 4.39 Å². The van der Waals surface area contributed by atoms with Crippen molar-refractivity contribution in [3.05, 3.63) is 29.7 Å². The standard InChI is InChI=1S/C12H13FN2/c1-2-8-3-6-11(13)10-7-14-15(12(8)10)9-4-5-9/h3,6-7,9H,2,4-5H2,1H3. The van der Waals surface area contributed by atoms with Crippen LogP contribution in [0.1, 0.15) is 31.4 Å². The molecule has 3 heteroatoms. The zero-order chi connectivity index (χ0) is 10.4. The molecule has 15 heavy (non-hydrogen) atoms. The Morgan fingerprint density at radius 3 is 2.93 bits per heavy atom. The molecule has 1 aromatic heterocycles. The van der Waals surface area contributed by atoms with E-state index in [0.29, 0.717) is 11.4 Å². The van der Waals surface area contributed by atoms with E-state index in [1.165, 1.54) is 18.4 Å². The van der Waals surface area contributed by atoms with Gasteiger partial charge in [-0.15, -0.1) is 0 Å². The maximum absolute atomic E-state index is 13.5. The van der Waals surface area contributed by atoms with Gasteiger partial charge in [0.15, 0.2) is 0 Å². The Kier molecular flexibility index (Phi) is 1.81. The third-order valence-electron chi connectivity index (χ3n) is 3.06. The summed E-state index contributed by atoms with van der Waals surface area (Å²) < 4.78 is 15.5. The van der Waals surface area contributed by atoms with E-state index in [-0.39, 0.29) is 5.82 Å². The van der Waals surface area contributed by atoms with Crippen molar-refractivity contribution in [2.24, 2.45) is 0 Å². The summed E-state index contributed by atoms with van der Waals surface area (Å²) in [6, 6.07) is 3.92. The highest BCUT2D eigenvalue weighted by atomic mass is 19.1. The summed E-state index contributed by atoms with van der Waals surface area (Å²) in [7, 11) is 0. The molecule has 0 N–H and O–H groups in total. The zero-order valence-corrected chi connectivity index (χ0v) is 8.70. The fourth-order valence-electron chi connectivity index (χ4n) is 2.08. The van der Waals surface area contributed by atoms with Gasteiger partial charge in [0.2, 0.25) is 0 Å². The van der Waals surface area contributed by atoms with Gasteiger partial charge in [0.25, 0.3) is 0 Å². The number of rotatable bonds is 2. The van der Waals surface area contributed by atoms with E-state index in [1.807, 2.05) is 10.7 Å². The molecule has 3 rings (SSSR count). The lowest BCUT2D eigenvalue weighted by atomic mass is 10.1. The van der Waals surface area contributed by atoms with Crippen LogP contribution < -0.4 is 0 Å². The van der Waals surface area contributed by atoms with Crippen LogP contribution in [0.25, 0.3) is 10.9 Å². The summed E-state index contributed by atoms with van der Waals surface area (Å²) in [5.41, 5.74) is 2.19. The van der Waals surface area contributed by atoms with Crippen molar-refractivity contribution >= 4 is 10.9 Å². The molecular formula is C12H13FN2. The molecule has 0 unspecified atom stereocenters. The average Bonchev–Trinajstić information content (AvgIpc) is 2.99. The lowest BCUT2D eigenvalue weighted by Gasteiger charge is -2.05. The van der Waals surface area contributed by atoms with Gasteiger partial charge in [-0.05, 0) is 30.9 Å². The average molecular weight is 204 g/mol. The summed E-state index contributed by atoms with van der Waals surface area (Å²) in [5.74, 6) is -0.158. The number of aromatic nitrogens is 2. The summed E-state index contributed by atoms with van der Waals surface area (Å²) in [5, 5.41) is 4.97. The van der Waals surface area contributed by atoms with E-state index in [2.05, 4.69) is 12.0 Å². The van der Waals surface area contributed by atoms with Crippen molar-refractivity contribution in [3.8, 4) is 0 Å². The number of fused-ring (bicyclic) bond motifs is 1. The second kappa shape index (κ2) is 3.05. The van der Waals surface area contributed by atoms with Gasteiger partial charge in [0.1, 0.15) is 5.82 Å². The van der Waals surface area contributed by atoms with Crippen molar-refractivity contribution in [1.29, 1.82) is 0 Å². The zero-order valence-electron chi connectivity index (χ0n) is 8.70. The molecule has 2 nitrogen and oxygen atoms in total. The van der Waals surface area contributed by atoms with Crippen molar-refractivity contribution in [3.63, 3.8) is 0 Å². The maximum Gasteiger partial charge on any atom is 0.134 e. The molecular weight excluding hydrogens is 191 g/mol. The number of benzene rings is 1. The lowest BCUT2D eigenvalue weighted by Crippen LogP contribution is -1.98. The number of aryl methyl sites for hydroxylation is 1. The quantitative estimate of drug-likeness (QED) is 0.735. The van der Waals surface area contributed by atoms with Crippen LogP contribution in [0.2, 0.25) is 0 Å². The van der Waals surface area contributed by atoms with E-state index in [0.717, 1.165) is 11.9 Å². The van der Waals surface area contributed by atoms with Gasteiger partial charge in [-0.3, -0.25) is 4.68 Å². The SMILES string of the molecule is CCc1ccc(F)c2cnn(C3CC3)c12. The second-order valence-electron chi connectivity index (χ2n) is 4.14. The predicted octanol–water partition coefficient (Wildman–Crippen LogP) is 3.07. The highest BCUT2D eigenvalue weighted by Crippen LogP contribution is 2.37. The van der Waals surface area contributed by atoms with Crippen LogP contribution in [0.4, 0.5) is 4.39 Å². The van der Waals surface area contributed by atoms with Gasteiger partial charge in [-0.1, -0.05) is 13.0 Å². The molecule has 1 aromatic carbocycles. The third kappa shape index (κ3) is 1.26. The third-order valence-corrected chi connectivity index (χ3v) is 3.06. The number of hydrogen-bond donors (Lipinski definition) is 0. The fraction of sp³-hybridized carbons (Fsp3) is 0.417. The van der Waals surface area contributed by atoms with Crippen LogP contribution >= 0.6 is 0 Å². The minimum absolute atomic E-state index is 0.158. The molecule has 0 radical (unpaired) electrons. The Hall–Kier alpha value is -1.38. The van der Waals surface area contributed by atoms with Crippen LogP contribution in [0.5, 0.6) is 0 Å². The molecule has 0 amide bonds. The Labute approximate surface area is 87.7 Å². The molecule has 1 heterocycles. The van der Waals surface area contributed by atoms with Crippen LogP contribution in [0, 0.1) is 5.82 Å². The Morgan fingerprint density at radius 2 is 2.27 bits per heavy atom. The van der Waals surface area contributed by atoms with E-state index in [1.54, 1.807) is 12.3 Å². The molecule has 1 aliphatic rings. The molecule has 0 aliphatic heterocycles. The van der Waals surface area contributed by atoms with Crippen LogP contribution in [0.15, 0.2) is 18.3 Å². The first-order valence-corrected chi connectivity index (χ1v) is 5.46. The molecule has 0 bridgehead atoms. The normalized spacial score (nSPS) is 16.1. The minimum atomic E-state index is -0.158. The van der Waals surface area contributed by atoms with E-state index >= 15 is 0 Å². The monoisotopic (exact) mass is 204 g/mol. The van der Waals surface area contributed by atoms with Crippen LogP contribution in [-0.4, -0.2) is 9.78 Å². The molecule has 1 fully saturated rings. The largest absolute Gasteiger partial charge is 0.261 e. The number of halogens is 1. The van der Waals surface area contributed by atoms with E-state index < -0.39 is 0 Å². The highest BCUT2D eigenvalue weighted by Gasteiger charge is 2.27. The van der Waals surface area contributed by atoms with Crippen LogP contribution in [-0.2, 0) is 6.42 Å². The lowest BCUT2D eigenvalue weighted by molar-refractivity contribution is 0.638. The van der Waals surface area contributed by atoms with E-state index in [4.69, 9.17) is 0 Å². The molecule has 2 aromatic rings. The molecule has 0 saturated heterocycles. The molecule has 1 aliphatic carbocycles. The highest BCUT2D eigenvalue weighted by molar-refractivity contribution is 5.82. The molecule has 78 valence electrons. The Bertz CT molecular complexity index is 512. The van der Waals surface area contributed by atoms with Gasteiger partial charge < -0.3 is 0 Å². The summed E-state index contributed by atoms with van der Waals surface area (Å²) in [4.78, 5) is 0. The van der Waals surface area contributed by atoms with Gasteiger partial charge >= 0.3 is 0 Å².